The van der Waals surface area contributed by atoms with Crippen molar-refractivity contribution < 1.29 is 18.7 Å². The Morgan fingerprint density at radius 3 is 2.45 bits per heavy atom. The van der Waals surface area contributed by atoms with E-state index >= 15 is 0 Å². The van der Waals surface area contributed by atoms with Crippen LogP contribution in [0.15, 0.2) is 42.6 Å². The first-order valence-corrected chi connectivity index (χ1v) is 10.1. The fourth-order valence-corrected chi connectivity index (χ4v) is 3.89. The van der Waals surface area contributed by atoms with Crippen molar-refractivity contribution in [2.45, 2.75) is 31.8 Å². The number of hydrogen-bond donors (Lipinski definition) is 0. The number of piperidine rings is 1. The summed E-state index contributed by atoms with van der Waals surface area (Å²) in [5, 5.41) is 0. The van der Waals surface area contributed by atoms with Crippen molar-refractivity contribution >= 4 is 11.8 Å². The Hall–Kier alpha value is -2.96. The maximum atomic E-state index is 13.9. The molecule has 1 atom stereocenters. The van der Waals surface area contributed by atoms with Gasteiger partial charge in [0.2, 0.25) is 5.88 Å². The van der Waals surface area contributed by atoms with Gasteiger partial charge in [0.05, 0.1) is 12.1 Å². The van der Waals surface area contributed by atoms with Gasteiger partial charge in [-0.15, -0.1) is 0 Å². The smallest absolute Gasteiger partial charge is 0.259 e. The van der Waals surface area contributed by atoms with Crippen molar-refractivity contribution in [1.29, 1.82) is 0 Å². The van der Waals surface area contributed by atoms with Gasteiger partial charge in [0.25, 0.3) is 11.8 Å². The quantitative estimate of drug-likeness (QED) is 0.795. The van der Waals surface area contributed by atoms with Crippen LogP contribution in [0.5, 0.6) is 5.88 Å². The van der Waals surface area contributed by atoms with Crippen LogP contribution in [0.4, 0.5) is 4.39 Å². The van der Waals surface area contributed by atoms with E-state index in [1.165, 1.54) is 12.1 Å². The Labute approximate surface area is 169 Å². The summed E-state index contributed by atoms with van der Waals surface area (Å²) in [5.74, 6) is -0.640. The molecular formula is C22H24FN3O3. The van der Waals surface area contributed by atoms with Gasteiger partial charge >= 0.3 is 0 Å². The molecule has 2 aliphatic rings. The van der Waals surface area contributed by atoms with Crippen LogP contribution in [-0.2, 0) is 0 Å². The van der Waals surface area contributed by atoms with E-state index in [1.807, 2.05) is 4.90 Å². The molecule has 0 bridgehead atoms. The van der Waals surface area contributed by atoms with Gasteiger partial charge in [-0.05, 0) is 43.5 Å². The highest BCUT2D eigenvalue weighted by Crippen LogP contribution is 2.24. The minimum atomic E-state index is -0.527. The van der Waals surface area contributed by atoms with Crippen molar-refractivity contribution in [1.82, 2.24) is 14.8 Å². The van der Waals surface area contributed by atoms with Crippen molar-refractivity contribution in [2.24, 2.45) is 0 Å². The largest absolute Gasteiger partial charge is 0.472 e. The van der Waals surface area contributed by atoms with Crippen LogP contribution < -0.4 is 4.74 Å². The minimum Gasteiger partial charge on any atom is -0.472 e. The van der Waals surface area contributed by atoms with E-state index in [2.05, 4.69) is 4.98 Å². The molecule has 1 aromatic carbocycles. The molecule has 1 aromatic heterocycles. The lowest BCUT2D eigenvalue weighted by Gasteiger charge is -2.27. The molecule has 0 saturated carbocycles. The van der Waals surface area contributed by atoms with Crippen molar-refractivity contribution in [3.05, 3.63) is 59.5 Å². The summed E-state index contributed by atoms with van der Waals surface area (Å²) in [6.07, 6.45) is 5.09. The Balaban J connectivity index is 1.43. The number of benzene rings is 1. The van der Waals surface area contributed by atoms with Crippen molar-refractivity contribution in [2.75, 3.05) is 26.2 Å². The van der Waals surface area contributed by atoms with Crippen LogP contribution in [0.1, 0.15) is 46.4 Å². The molecule has 4 rings (SSSR count). The minimum absolute atomic E-state index is 0.0620. The Kier molecular flexibility index (Phi) is 5.74. The highest BCUT2D eigenvalue weighted by Gasteiger charge is 2.31. The summed E-state index contributed by atoms with van der Waals surface area (Å²) >= 11 is 0. The van der Waals surface area contributed by atoms with E-state index < -0.39 is 5.82 Å². The molecule has 152 valence electrons. The molecule has 1 unspecified atom stereocenters. The highest BCUT2D eigenvalue weighted by molar-refractivity contribution is 5.96. The third kappa shape index (κ3) is 4.23. The van der Waals surface area contributed by atoms with Gasteiger partial charge in [-0.3, -0.25) is 9.59 Å². The molecule has 6 nitrogen and oxygen atoms in total. The zero-order valence-corrected chi connectivity index (χ0v) is 16.2. The summed E-state index contributed by atoms with van der Waals surface area (Å²) in [4.78, 5) is 33.2. The fourth-order valence-electron chi connectivity index (χ4n) is 3.89. The number of pyridine rings is 1. The lowest BCUT2D eigenvalue weighted by Crippen LogP contribution is -2.36. The average molecular weight is 397 g/mol. The number of carbonyl (C=O) groups excluding carboxylic acids is 2. The number of hydrogen-bond acceptors (Lipinski definition) is 4. The maximum Gasteiger partial charge on any atom is 0.259 e. The molecule has 0 spiro atoms. The number of likely N-dealkylation sites (tertiary alicyclic amines) is 2. The Bertz CT molecular complexity index is 898. The Morgan fingerprint density at radius 1 is 0.931 bits per heavy atom. The molecular weight excluding hydrogens is 373 g/mol. The molecule has 0 radical (unpaired) electrons. The molecule has 2 aliphatic heterocycles. The normalized spacial score (nSPS) is 19.3. The highest BCUT2D eigenvalue weighted by atomic mass is 19.1. The van der Waals surface area contributed by atoms with E-state index in [-0.39, 0.29) is 23.5 Å². The number of rotatable bonds is 4. The van der Waals surface area contributed by atoms with E-state index in [4.69, 9.17) is 4.74 Å². The molecule has 0 aliphatic carbocycles. The van der Waals surface area contributed by atoms with Gasteiger partial charge in [-0.1, -0.05) is 12.1 Å². The van der Waals surface area contributed by atoms with Gasteiger partial charge in [0, 0.05) is 32.3 Å². The van der Waals surface area contributed by atoms with Crippen LogP contribution >= 0.6 is 0 Å². The third-order valence-electron chi connectivity index (χ3n) is 5.46. The van der Waals surface area contributed by atoms with Crippen LogP contribution in [0.3, 0.4) is 0 Å². The number of aromatic nitrogens is 1. The van der Waals surface area contributed by atoms with E-state index in [1.54, 1.807) is 35.4 Å². The second kappa shape index (κ2) is 8.59. The lowest BCUT2D eigenvalue weighted by atomic mass is 10.1. The molecule has 7 heteroatoms. The van der Waals surface area contributed by atoms with Crippen LogP contribution in [0.2, 0.25) is 0 Å². The molecule has 29 heavy (non-hydrogen) atoms. The molecule has 3 heterocycles. The fraction of sp³-hybridized carbons (Fsp3) is 0.409. The first-order chi connectivity index (χ1) is 14.1. The average Bonchev–Trinajstić information content (AvgIpc) is 3.23. The monoisotopic (exact) mass is 397 g/mol. The summed E-state index contributed by atoms with van der Waals surface area (Å²) in [5.41, 5.74) is 0.514. The topological polar surface area (TPSA) is 62.7 Å². The summed E-state index contributed by atoms with van der Waals surface area (Å²) in [7, 11) is 0. The number of amides is 2. The van der Waals surface area contributed by atoms with Gasteiger partial charge in [-0.25, -0.2) is 9.37 Å². The SMILES string of the molecule is O=C(c1ccccc1F)N1CCC(Oc2ncccc2C(=O)N2CCCCC2)C1. The standard InChI is InChI=1S/C22H24FN3O3/c23-19-9-3-2-7-17(19)21(27)26-14-10-16(15-26)29-20-18(8-6-11-24-20)22(28)25-12-4-1-5-13-25/h2-3,6-9,11,16H,1,4-5,10,12-15H2. The van der Waals surface area contributed by atoms with Gasteiger partial charge in [0.15, 0.2) is 0 Å². The molecule has 0 N–H and O–H groups in total. The zero-order valence-electron chi connectivity index (χ0n) is 16.2. The predicted molar refractivity (Wildman–Crippen MR) is 105 cm³/mol. The molecule has 2 saturated heterocycles. The van der Waals surface area contributed by atoms with Gasteiger partial charge < -0.3 is 14.5 Å². The first-order valence-electron chi connectivity index (χ1n) is 10.1. The summed E-state index contributed by atoms with van der Waals surface area (Å²) in [6.45, 7) is 2.31. The van der Waals surface area contributed by atoms with Gasteiger partial charge in [-0.2, -0.15) is 0 Å². The van der Waals surface area contributed by atoms with Crippen molar-refractivity contribution in [3.63, 3.8) is 0 Å². The number of nitrogens with zero attached hydrogens (tertiary/aromatic N) is 3. The first kappa shape index (κ1) is 19.4. The summed E-state index contributed by atoms with van der Waals surface area (Å²) in [6, 6.07) is 9.43. The van der Waals surface area contributed by atoms with E-state index in [0.717, 1.165) is 32.4 Å². The van der Waals surface area contributed by atoms with Crippen LogP contribution in [0, 0.1) is 5.82 Å². The molecule has 2 aromatic rings. The number of carbonyl (C=O) groups is 2. The third-order valence-corrected chi connectivity index (χ3v) is 5.46. The maximum absolute atomic E-state index is 13.9. The zero-order chi connectivity index (χ0) is 20.2. The van der Waals surface area contributed by atoms with Crippen LogP contribution in [-0.4, -0.2) is 58.9 Å². The summed E-state index contributed by atoms with van der Waals surface area (Å²) < 4.78 is 19.9. The molecule has 2 amide bonds. The van der Waals surface area contributed by atoms with Crippen molar-refractivity contribution in [3.8, 4) is 5.88 Å². The second-order valence-corrected chi connectivity index (χ2v) is 7.47. The lowest BCUT2D eigenvalue weighted by molar-refractivity contribution is 0.0708. The number of halogens is 1. The van der Waals surface area contributed by atoms with E-state index in [9.17, 15) is 14.0 Å². The predicted octanol–water partition coefficient (Wildman–Crippen LogP) is 3.14. The van der Waals surface area contributed by atoms with Gasteiger partial charge in [0.1, 0.15) is 17.5 Å². The van der Waals surface area contributed by atoms with Crippen LogP contribution in [0.25, 0.3) is 0 Å². The Morgan fingerprint density at radius 2 is 1.66 bits per heavy atom. The van der Waals surface area contributed by atoms with E-state index in [0.29, 0.717) is 31.0 Å². The molecule has 2 fully saturated rings. The second-order valence-electron chi connectivity index (χ2n) is 7.47. The number of ether oxygens (including phenoxy) is 1.